The zero-order valence-electron chi connectivity index (χ0n) is 25.9. The van der Waals surface area contributed by atoms with Crippen molar-refractivity contribution in [1.29, 1.82) is 0 Å². The first kappa shape index (κ1) is 30.1. The van der Waals surface area contributed by atoms with E-state index in [1.54, 1.807) is 6.07 Å². The van der Waals surface area contributed by atoms with E-state index < -0.39 is 40.0 Å². The fraction of sp³-hybridized carbons (Fsp3) is 0.406. The molecule has 1 aromatic heterocycles. The molecule has 3 heterocycles. The smallest absolute Gasteiger partial charge is 0.310 e. The van der Waals surface area contributed by atoms with Crippen molar-refractivity contribution in [2.45, 2.75) is 47.3 Å². The van der Waals surface area contributed by atoms with Crippen molar-refractivity contribution < 1.29 is 33.7 Å². The number of aromatic nitrogens is 1. The Labute approximate surface area is 256 Å². The van der Waals surface area contributed by atoms with Crippen LogP contribution in [0.4, 0.5) is 11.4 Å². The largest absolute Gasteiger partial charge is 0.507 e. The molecule has 0 radical (unpaired) electrons. The molecule has 3 N–H and O–H groups in total. The molecule has 1 unspecified atom stereocenters. The number of rotatable bonds is 5. The van der Waals surface area contributed by atoms with Crippen LogP contribution >= 0.6 is 0 Å². The molecular weight excluding hydrogens is 584 g/mol. The Balaban J connectivity index is 1.65. The number of phenols is 1. The van der Waals surface area contributed by atoms with Gasteiger partial charge >= 0.3 is 11.8 Å². The molecule has 1 fully saturated rings. The number of anilines is 2. The Hall–Kier alpha value is -4.91. The summed E-state index contributed by atoms with van der Waals surface area (Å²) in [7, 11) is 0. The van der Waals surface area contributed by atoms with E-state index in [4.69, 9.17) is 13.9 Å². The Morgan fingerprint density at radius 2 is 1.78 bits per heavy atom. The number of carbonyl (C=O) groups excluding carboxylic acids is 2. The molecule has 1 saturated heterocycles. The zero-order chi connectivity index (χ0) is 32.5. The summed E-state index contributed by atoms with van der Waals surface area (Å²) < 4.78 is 17.3. The molecule has 236 valence electrons. The summed E-state index contributed by atoms with van der Waals surface area (Å²) in [5, 5.41) is 24.7. The second-order valence-corrected chi connectivity index (χ2v) is 12.2. The van der Waals surface area contributed by atoms with Gasteiger partial charge in [0.1, 0.15) is 22.7 Å². The summed E-state index contributed by atoms with van der Waals surface area (Å²) in [6, 6.07) is 3.15. The van der Waals surface area contributed by atoms with Crippen LogP contribution in [0.5, 0.6) is 11.5 Å². The molecule has 0 saturated carbocycles. The molecule has 1 atom stereocenters. The molecule has 4 aromatic rings. The fourth-order valence-electron chi connectivity index (χ4n) is 6.29. The molecule has 2 aliphatic heterocycles. The third-order valence-electron chi connectivity index (χ3n) is 8.22. The normalized spacial score (nSPS) is 18.6. The number of carbonyl (C=O) groups is 2. The standard InChI is InChI=1S/C32H34N4O9/c1-14(2)13-35-7-9-36(10-8-35)18-11-19(39)24-20(12-18)43-30-25(34-24)21-22(28(41)26(30)33-16(4)37)27(40)15(3)29-23(21)31(42)32(6,45-29)44-17(5)38/h11-12,14,40,42H,7-10,13H2,1-6H3,(H,33,37). The predicted molar refractivity (Wildman–Crippen MR) is 168 cm³/mol. The van der Waals surface area contributed by atoms with E-state index in [1.165, 1.54) is 26.8 Å². The second kappa shape index (κ2) is 10.6. The molecule has 45 heavy (non-hydrogen) atoms. The van der Waals surface area contributed by atoms with Gasteiger partial charge in [-0.05, 0) is 12.8 Å². The SMILES string of the molecule is CC(=O)Nc1c(=O)c2c(O)c(C)c3c(c2c2nc4c(=O)cc(N5CCN(CC(C)C)CC5)cc4oc12)=C(O)C(C)(OC(C)=O)O3. The lowest BCUT2D eigenvalue weighted by Crippen LogP contribution is -2.47. The topological polar surface area (TPSA) is 172 Å². The number of fused-ring (bicyclic) bond motifs is 6. The molecule has 1 amide bonds. The molecule has 2 aliphatic rings. The number of esters is 1. The summed E-state index contributed by atoms with van der Waals surface area (Å²) in [6.45, 7) is 13.5. The number of amides is 1. The van der Waals surface area contributed by atoms with E-state index in [2.05, 4.69) is 33.9 Å². The predicted octanol–water partition coefficient (Wildman–Crippen LogP) is 2.66. The van der Waals surface area contributed by atoms with E-state index in [0.717, 1.165) is 26.6 Å². The third-order valence-corrected chi connectivity index (χ3v) is 8.22. The van der Waals surface area contributed by atoms with Crippen molar-refractivity contribution in [3.05, 3.63) is 43.4 Å². The van der Waals surface area contributed by atoms with Gasteiger partial charge in [-0.2, -0.15) is 0 Å². The van der Waals surface area contributed by atoms with E-state index in [9.17, 15) is 29.4 Å². The fourth-order valence-corrected chi connectivity index (χ4v) is 6.29. The monoisotopic (exact) mass is 618 g/mol. The second-order valence-electron chi connectivity index (χ2n) is 12.2. The highest BCUT2D eigenvalue weighted by Gasteiger charge is 2.44. The van der Waals surface area contributed by atoms with Gasteiger partial charge < -0.3 is 34.3 Å². The zero-order valence-corrected chi connectivity index (χ0v) is 25.9. The van der Waals surface area contributed by atoms with Crippen molar-refractivity contribution in [1.82, 2.24) is 9.88 Å². The number of aliphatic hydroxyl groups is 1. The van der Waals surface area contributed by atoms with Gasteiger partial charge in [-0.15, -0.1) is 0 Å². The first-order valence-corrected chi connectivity index (χ1v) is 14.7. The number of nitrogens with one attached hydrogen (secondary N) is 1. The minimum absolute atomic E-state index is 0.0505. The van der Waals surface area contributed by atoms with Gasteiger partial charge in [0.05, 0.1) is 10.6 Å². The maximum atomic E-state index is 14.0. The Morgan fingerprint density at radius 1 is 1.09 bits per heavy atom. The molecule has 0 aliphatic carbocycles. The van der Waals surface area contributed by atoms with Crippen LogP contribution in [0.1, 0.15) is 40.2 Å². The van der Waals surface area contributed by atoms with Gasteiger partial charge in [-0.25, -0.2) is 4.98 Å². The van der Waals surface area contributed by atoms with Crippen LogP contribution in [-0.4, -0.2) is 70.5 Å². The Bertz CT molecular complexity index is 2120. The number of hydrogen-bond acceptors (Lipinski definition) is 12. The van der Waals surface area contributed by atoms with Gasteiger partial charge in [0.15, 0.2) is 22.4 Å². The third kappa shape index (κ3) is 4.87. The number of aliphatic hydroxyl groups excluding tert-OH is 1. The molecule has 13 nitrogen and oxygen atoms in total. The summed E-state index contributed by atoms with van der Waals surface area (Å²) in [4.78, 5) is 60.7. The first-order chi connectivity index (χ1) is 21.2. The van der Waals surface area contributed by atoms with Crippen LogP contribution in [0.2, 0.25) is 0 Å². The van der Waals surface area contributed by atoms with Gasteiger partial charge in [0, 0.05) is 82.3 Å². The van der Waals surface area contributed by atoms with Crippen LogP contribution in [0.15, 0.2) is 26.1 Å². The van der Waals surface area contributed by atoms with Crippen molar-refractivity contribution in [2.75, 3.05) is 42.9 Å². The van der Waals surface area contributed by atoms with Crippen molar-refractivity contribution in [3.8, 4) is 11.5 Å². The maximum Gasteiger partial charge on any atom is 0.310 e. The Morgan fingerprint density at radius 3 is 2.40 bits per heavy atom. The van der Waals surface area contributed by atoms with Crippen molar-refractivity contribution in [3.63, 3.8) is 0 Å². The number of phenolic OH excluding ortho intramolecular Hbond substituents is 1. The van der Waals surface area contributed by atoms with Crippen LogP contribution in [-0.2, 0) is 14.3 Å². The summed E-state index contributed by atoms with van der Waals surface area (Å²) in [6.07, 6.45) is 0. The first-order valence-electron chi connectivity index (χ1n) is 14.7. The highest BCUT2D eigenvalue weighted by molar-refractivity contribution is 6.15. The van der Waals surface area contributed by atoms with Gasteiger partial charge in [-0.1, -0.05) is 13.8 Å². The molecule has 3 aromatic carbocycles. The number of benzene rings is 3. The van der Waals surface area contributed by atoms with E-state index in [0.29, 0.717) is 24.7 Å². The van der Waals surface area contributed by atoms with Gasteiger partial charge in [-0.3, -0.25) is 24.1 Å². The lowest BCUT2D eigenvalue weighted by molar-refractivity contribution is -0.174. The number of nitrogens with zero attached hydrogens (tertiary/aromatic N) is 3. The lowest BCUT2D eigenvalue weighted by atomic mass is 9.98. The average Bonchev–Trinajstić information content (AvgIpc) is 3.21. The highest BCUT2D eigenvalue weighted by atomic mass is 16.7. The average molecular weight is 619 g/mol. The molecule has 6 rings (SSSR count). The molecule has 13 heteroatoms. The quantitative estimate of drug-likeness (QED) is 0.170. The maximum absolute atomic E-state index is 14.0. The molecule has 0 bridgehead atoms. The number of piperazine rings is 1. The van der Waals surface area contributed by atoms with Crippen LogP contribution in [0.25, 0.3) is 38.7 Å². The van der Waals surface area contributed by atoms with E-state index >= 15 is 0 Å². The number of aromatic hydroxyl groups is 1. The Kier molecular flexibility index (Phi) is 7.11. The number of ether oxygens (including phenoxy) is 2. The minimum Gasteiger partial charge on any atom is -0.507 e. The highest BCUT2D eigenvalue weighted by Crippen LogP contribution is 2.41. The molecular formula is C32H34N4O9. The van der Waals surface area contributed by atoms with Crippen LogP contribution in [0, 0.1) is 12.8 Å². The van der Waals surface area contributed by atoms with Crippen LogP contribution < -0.4 is 31.0 Å². The number of hydrogen-bond donors (Lipinski definition) is 3. The summed E-state index contributed by atoms with van der Waals surface area (Å²) in [5.74, 6) is -3.88. The van der Waals surface area contributed by atoms with Gasteiger partial charge in [0.2, 0.25) is 16.8 Å². The van der Waals surface area contributed by atoms with Gasteiger partial charge in [0.25, 0.3) is 0 Å². The summed E-state index contributed by atoms with van der Waals surface area (Å²) >= 11 is 0. The van der Waals surface area contributed by atoms with E-state index in [1.807, 2.05) is 0 Å². The summed E-state index contributed by atoms with van der Waals surface area (Å²) in [5.41, 5.74) is -1.09. The molecule has 0 spiro atoms. The van der Waals surface area contributed by atoms with Crippen molar-refractivity contribution >= 4 is 62.0 Å². The van der Waals surface area contributed by atoms with Crippen molar-refractivity contribution in [2.24, 2.45) is 5.92 Å². The van der Waals surface area contributed by atoms with E-state index in [-0.39, 0.29) is 55.2 Å². The van der Waals surface area contributed by atoms with Crippen LogP contribution in [0.3, 0.4) is 0 Å². The lowest BCUT2D eigenvalue weighted by Gasteiger charge is -2.36. The minimum atomic E-state index is -1.98.